The lowest BCUT2D eigenvalue weighted by atomic mass is 10.1. The predicted octanol–water partition coefficient (Wildman–Crippen LogP) is 3.83. The first-order valence-electron chi connectivity index (χ1n) is 9.63. The highest BCUT2D eigenvalue weighted by atomic mass is 32.2. The fraction of sp³-hybridized carbons (Fsp3) is 0.684. The standard InChI is InChI=1S/C19H33NO6S/c1-3-14-20-15-7-9-18(8-5-4-6-16-24-26-21)25-27(22,23)19-12-10-17(2)11-13-19/h10-13,18,20-21H,3-9,14-16H2,1-2H3. The Kier molecular flexibility index (Phi) is 12.5. The molecule has 2 N–H and O–H groups in total. The van der Waals surface area contributed by atoms with E-state index in [0.29, 0.717) is 19.4 Å². The van der Waals surface area contributed by atoms with E-state index in [2.05, 4.69) is 22.2 Å². The number of hydrogen-bond acceptors (Lipinski definition) is 7. The number of rotatable bonds is 16. The first-order chi connectivity index (χ1) is 13.0. The second-order valence-electron chi connectivity index (χ2n) is 6.62. The highest BCUT2D eigenvalue weighted by Gasteiger charge is 2.21. The van der Waals surface area contributed by atoms with Crippen molar-refractivity contribution in [2.24, 2.45) is 0 Å². The Balaban J connectivity index is 2.55. The largest absolute Gasteiger partial charge is 0.317 e. The maximum Gasteiger partial charge on any atom is 0.297 e. The predicted molar refractivity (Wildman–Crippen MR) is 104 cm³/mol. The average Bonchev–Trinajstić information content (AvgIpc) is 2.64. The molecule has 0 heterocycles. The maximum atomic E-state index is 12.6. The van der Waals surface area contributed by atoms with Crippen molar-refractivity contribution >= 4 is 10.1 Å². The van der Waals surface area contributed by atoms with Crippen molar-refractivity contribution in [3.05, 3.63) is 29.8 Å². The molecule has 0 spiro atoms. The number of hydrogen-bond donors (Lipinski definition) is 2. The lowest BCUT2D eigenvalue weighted by Crippen LogP contribution is -2.22. The molecule has 0 aromatic heterocycles. The zero-order valence-corrected chi connectivity index (χ0v) is 17.2. The van der Waals surface area contributed by atoms with Gasteiger partial charge in [0.1, 0.15) is 0 Å². The quantitative estimate of drug-likeness (QED) is 0.187. The van der Waals surface area contributed by atoms with Crippen LogP contribution in [0.25, 0.3) is 0 Å². The van der Waals surface area contributed by atoms with Crippen LogP contribution in [0.15, 0.2) is 29.2 Å². The van der Waals surface area contributed by atoms with Crippen molar-refractivity contribution < 1.29 is 27.8 Å². The van der Waals surface area contributed by atoms with Crippen LogP contribution in [-0.4, -0.2) is 39.5 Å². The summed E-state index contributed by atoms with van der Waals surface area (Å²) >= 11 is 0. The molecular weight excluding hydrogens is 370 g/mol. The monoisotopic (exact) mass is 403 g/mol. The molecule has 1 rings (SSSR count). The third-order valence-corrected chi connectivity index (χ3v) is 5.56. The molecule has 1 unspecified atom stereocenters. The molecule has 7 nitrogen and oxygen atoms in total. The Morgan fingerprint density at radius 1 is 1.04 bits per heavy atom. The van der Waals surface area contributed by atoms with Crippen LogP contribution < -0.4 is 5.32 Å². The number of aryl methyl sites for hydroxylation is 1. The van der Waals surface area contributed by atoms with Crippen molar-refractivity contribution in [1.82, 2.24) is 5.32 Å². The highest BCUT2D eigenvalue weighted by molar-refractivity contribution is 7.86. The topological polar surface area (TPSA) is 94.1 Å². The van der Waals surface area contributed by atoms with Crippen LogP contribution in [0, 0.1) is 6.92 Å². The minimum atomic E-state index is -3.77. The van der Waals surface area contributed by atoms with Gasteiger partial charge in [0.2, 0.25) is 0 Å². The molecule has 1 aromatic carbocycles. The van der Waals surface area contributed by atoms with Crippen LogP contribution in [0.3, 0.4) is 0 Å². The third kappa shape index (κ3) is 10.8. The van der Waals surface area contributed by atoms with Gasteiger partial charge in [-0.2, -0.15) is 8.42 Å². The molecule has 156 valence electrons. The summed E-state index contributed by atoms with van der Waals surface area (Å²) in [6.45, 7) is 6.12. The van der Waals surface area contributed by atoms with E-state index in [1.54, 1.807) is 24.3 Å². The van der Waals surface area contributed by atoms with E-state index in [4.69, 9.17) is 9.44 Å². The van der Waals surface area contributed by atoms with Crippen LogP contribution in [0.4, 0.5) is 0 Å². The van der Waals surface area contributed by atoms with E-state index >= 15 is 0 Å². The summed E-state index contributed by atoms with van der Waals surface area (Å²) < 4.78 is 30.7. The van der Waals surface area contributed by atoms with Crippen LogP contribution in [0.2, 0.25) is 0 Å². The summed E-state index contributed by atoms with van der Waals surface area (Å²) in [5.74, 6) is 0. The molecule has 0 radical (unpaired) electrons. The van der Waals surface area contributed by atoms with Crippen LogP contribution in [0.1, 0.15) is 57.4 Å². The number of nitrogens with one attached hydrogen (secondary N) is 1. The zero-order chi connectivity index (χ0) is 20.0. The second kappa shape index (κ2) is 14.0. The van der Waals surface area contributed by atoms with Gasteiger partial charge in [-0.25, -0.2) is 10.1 Å². The molecule has 27 heavy (non-hydrogen) atoms. The van der Waals surface area contributed by atoms with Crippen molar-refractivity contribution in [2.75, 3.05) is 19.7 Å². The fourth-order valence-electron chi connectivity index (χ4n) is 2.68. The van der Waals surface area contributed by atoms with Gasteiger partial charge in [-0.1, -0.05) is 42.5 Å². The van der Waals surface area contributed by atoms with Gasteiger partial charge in [-0.15, -0.1) is 0 Å². The molecule has 0 fully saturated rings. The summed E-state index contributed by atoms with van der Waals surface area (Å²) in [4.78, 5) is 4.60. The van der Waals surface area contributed by atoms with Crippen LogP contribution in [0.5, 0.6) is 0 Å². The van der Waals surface area contributed by atoms with Gasteiger partial charge in [0.05, 0.1) is 17.6 Å². The molecule has 0 bridgehead atoms. The van der Waals surface area contributed by atoms with E-state index in [0.717, 1.165) is 50.8 Å². The lowest BCUT2D eigenvalue weighted by Gasteiger charge is -2.18. The highest BCUT2D eigenvalue weighted by Crippen LogP contribution is 2.20. The van der Waals surface area contributed by atoms with Gasteiger partial charge in [0.15, 0.2) is 0 Å². The molecule has 0 saturated heterocycles. The summed E-state index contributed by atoms with van der Waals surface area (Å²) in [6.07, 6.45) is 5.27. The first-order valence-corrected chi connectivity index (χ1v) is 11.0. The minimum Gasteiger partial charge on any atom is -0.317 e. The van der Waals surface area contributed by atoms with Crippen molar-refractivity contribution in [3.63, 3.8) is 0 Å². The van der Waals surface area contributed by atoms with Crippen LogP contribution in [-0.2, 0) is 24.2 Å². The minimum absolute atomic E-state index is 0.190. The number of unbranched alkanes of at least 4 members (excludes halogenated alkanes) is 2. The van der Waals surface area contributed by atoms with E-state index in [9.17, 15) is 8.42 Å². The van der Waals surface area contributed by atoms with Gasteiger partial charge < -0.3 is 5.32 Å². The molecule has 1 atom stereocenters. The lowest BCUT2D eigenvalue weighted by molar-refractivity contribution is -0.490. The first kappa shape index (κ1) is 24.0. The SMILES string of the molecule is CCCNCCCC(CCCCCOOO)OS(=O)(=O)c1ccc(C)cc1. The fourth-order valence-corrected chi connectivity index (χ4v) is 3.82. The van der Waals surface area contributed by atoms with Gasteiger partial charge >= 0.3 is 0 Å². The summed E-state index contributed by atoms with van der Waals surface area (Å²) in [6, 6.07) is 6.69. The summed E-state index contributed by atoms with van der Waals surface area (Å²) in [5.41, 5.74) is 1.00. The van der Waals surface area contributed by atoms with Crippen molar-refractivity contribution in [1.29, 1.82) is 0 Å². The molecule has 8 heteroatoms. The second-order valence-corrected chi connectivity index (χ2v) is 8.20. The third-order valence-electron chi connectivity index (χ3n) is 4.19. The number of benzene rings is 1. The Morgan fingerprint density at radius 3 is 2.41 bits per heavy atom. The Labute approximate surface area is 163 Å². The zero-order valence-electron chi connectivity index (χ0n) is 16.4. The maximum absolute atomic E-state index is 12.6. The van der Waals surface area contributed by atoms with Gasteiger partial charge in [0, 0.05) is 0 Å². The molecule has 0 aliphatic rings. The summed E-state index contributed by atoms with van der Waals surface area (Å²) in [7, 11) is -3.77. The van der Waals surface area contributed by atoms with E-state index < -0.39 is 10.1 Å². The summed E-state index contributed by atoms with van der Waals surface area (Å²) in [5, 5.41) is 15.0. The van der Waals surface area contributed by atoms with E-state index in [-0.39, 0.29) is 11.0 Å². The van der Waals surface area contributed by atoms with Crippen LogP contribution >= 0.6 is 0 Å². The molecule has 0 saturated carbocycles. The van der Waals surface area contributed by atoms with Gasteiger partial charge in [0.25, 0.3) is 10.1 Å². The normalized spacial score (nSPS) is 13.0. The smallest absolute Gasteiger partial charge is 0.297 e. The van der Waals surface area contributed by atoms with Gasteiger partial charge in [-0.3, -0.25) is 4.18 Å². The molecule has 0 amide bonds. The average molecular weight is 404 g/mol. The van der Waals surface area contributed by atoms with E-state index in [1.165, 1.54) is 0 Å². The molecular formula is C19H33NO6S. The van der Waals surface area contributed by atoms with Crippen molar-refractivity contribution in [3.8, 4) is 0 Å². The molecule has 1 aromatic rings. The Hall–Kier alpha value is -1.03. The van der Waals surface area contributed by atoms with E-state index in [1.807, 2.05) is 6.92 Å². The Bertz CT molecular complexity index is 591. The molecule has 0 aliphatic carbocycles. The molecule has 0 aliphatic heterocycles. The Morgan fingerprint density at radius 2 is 1.74 bits per heavy atom. The van der Waals surface area contributed by atoms with Crippen molar-refractivity contribution in [2.45, 2.75) is 69.8 Å². The van der Waals surface area contributed by atoms with Gasteiger partial charge in [-0.05, 0) is 64.3 Å².